The number of nitrogens with two attached hydrogens (primary N) is 1. The molecule has 104 valence electrons. The highest BCUT2D eigenvalue weighted by molar-refractivity contribution is 5.94. The Balaban J connectivity index is 1.93. The van der Waals surface area contributed by atoms with Crippen LogP contribution in [0.5, 0.6) is 0 Å². The van der Waals surface area contributed by atoms with Gasteiger partial charge in [-0.3, -0.25) is 5.41 Å². The Hall–Kier alpha value is -1.46. The van der Waals surface area contributed by atoms with Crippen molar-refractivity contribution in [2.45, 2.75) is 25.5 Å². The Morgan fingerprint density at radius 2 is 2.21 bits per heavy atom. The van der Waals surface area contributed by atoms with Crippen molar-refractivity contribution in [2.75, 3.05) is 13.6 Å². The maximum absolute atomic E-state index is 13.8. The van der Waals surface area contributed by atoms with E-state index in [1.807, 2.05) is 7.05 Å². The Kier molecular flexibility index (Phi) is 4.17. The van der Waals surface area contributed by atoms with Gasteiger partial charge >= 0.3 is 0 Å². The van der Waals surface area contributed by atoms with E-state index in [0.717, 1.165) is 19.4 Å². The zero-order chi connectivity index (χ0) is 14.0. The van der Waals surface area contributed by atoms with Gasteiger partial charge in [0.1, 0.15) is 11.7 Å². The summed E-state index contributed by atoms with van der Waals surface area (Å²) in [5, 5.41) is 16.5. The molecule has 1 fully saturated rings. The van der Waals surface area contributed by atoms with Crippen LogP contribution in [0.1, 0.15) is 24.0 Å². The Bertz CT molecular complexity index is 472. The number of amidine groups is 1. The van der Waals surface area contributed by atoms with E-state index >= 15 is 0 Å². The minimum atomic E-state index is -0.326. The van der Waals surface area contributed by atoms with Crippen molar-refractivity contribution in [3.63, 3.8) is 0 Å². The number of aliphatic hydroxyl groups is 1. The summed E-state index contributed by atoms with van der Waals surface area (Å²) in [6, 6.07) is 4.65. The first-order valence-electron chi connectivity index (χ1n) is 6.45. The van der Waals surface area contributed by atoms with Gasteiger partial charge in [0.25, 0.3) is 0 Å². The highest BCUT2D eigenvalue weighted by Crippen LogP contribution is 2.28. The second-order valence-corrected chi connectivity index (χ2v) is 5.41. The molecule has 0 atom stereocenters. The molecular formula is C14H20FN3O. The summed E-state index contributed by atoms with van der Waals surface area (Å²) in [5.41, 5.74) is 6.33. The summed E-state index contributed by atoms with van der Waals surface area (Å²) in [6.45, 7) is 1.39. The van der Waals surface area contributed by atoms with Gasteiger partial charge in [-0.2, -0.15) is 0 Å². The number of hydrogen-bond acceptors (Lipinski definition) is 3. The first-order chi connectivity index (χ1) is 8.95. The van der Waals surface area contributed by atoms with E-state index in [4.69, 9.17) is 11.1 Å². The van der Waals surface area contributed by atoms with E-state index in [-0.39, 0.29) is 17.8 Å². The monoisotopic (exact) mass is 265 g/mol. The van der Waals surface area contributed by atoms with E-state index in [2.05, 4.69) is 4.90 Å². The Morgan fingerprint density at radius 3 is 2.74 bits per heavy atom. The number of nitrogen functional groups attached to an aromatic ring is 1. The molecule has 19 heavy (non-hydrogen) atoms. The first-order valence-corrected chi connectivity index (χ1v) is 6.45. The third-order valence-electron chi connectivity index (χ3n) is 3.59. The lowest BCUT2D eigenvalue weighted by molar-refractivity contribution is 0.0272. The molecule has 0 saturated heterocycles. The van der Waals surface area contributed by atoms with Crippen molar-refractivity contribution in [2.24, 2.45) is 11.7 Å². The van der Waals surface area contributed by atoms with Crippen molar-refractivity contribution < 1.29 is 9.50 Å². The topological polar surface area (TPSA) is 73.3 Å². The fourth-order valence-corrected chi connectivity index (χ4v) is 2.49. The van der Waals surface area contributed by atoms with Crippen LogP contribution in [0.3, 0.4) is 0 Å². The van der Waals surface area contributed by atoms with E-state index < -0.39 is 0 Å². The van der Waals surface area contributed by atoms with Gasteiger partial charge in [0.2, 0.25) is 0 Å². The van der Waals surface area contributed by atoms with Crippen LogP contribution < -0.4 is 5.73 Å². The lowest BCUT2D eigenvalue weighted by Gasteiger charge is -2.34. The molecule has 0 aliphatic heterocycles. The zero-order valence-corrected chi connectivity index (χ0v) is 11.1. The highest BCUT2D eigenvalue weighted by Gasteiger charge is 2.27. The standard InChI is InChI=1S/C14H20FN3O/c1-18(7-9-4-12(19)5-9)8-11-3-2-10(14(16)17)6-13(11)15/h2-3,6,9,12,19H,4-5,7-8H2,1H3,(H3,16,17). The van der Waals surface area contributed by atoms with Gasteiger partial charge in [-0.1, -0.05) is 12.1 Å². The largest absolute Gasteiger partial charge is 0.393 e. The Labute approximate surface area is 112 Å². The number of nitrogens with zero attached hydrogens (tertiary/aromatic N) is 1. The second-order valence-electron chi connectivity index (χ2n) is 5.41. The summed E-state index contributed by atoms with van der Waals surface area (Å²) in [5.74, 6) is 0.0648. The molecule has 5 heteroatoms. The third kappa shape index (κ3) is 3.52. The molecule has 1 aromatic carbocycles. The van der Waals surface area contributed by atoms with Crippen LogP contribution >= 0.6 is 0 Å². The fraction of sp³-hybridized carbons (Fsp3) is 0.500. The third-order valence-corrected chi connectivity index (χ3v) is 3.59. The summed E-state index contributed by atoms with van der Waals surface area (Å²) >= 11 is 0. The molecular weight excluding hydrogens is 245 g/mol. The van der Waals surface area contributed by atoms with Crippen molar-refractivity contribution in [1.82, 2.24) is 4.90 Å². The van der Waals surface area contributed by atoms with Crippen LogP contribution in [0.15, 0.2) is 18.2 Å². The van der Waals surface area contributed by atoms with Crippen LogP contribution in [-0.2, 0) is 6.54 Å². The van der Waals surface area contributed by atoms with Gasteiger partial charge in [-0.25, -0.2) is 4.39 Å². The SMILES string of the molecule is CN(Cc1ccc(C(=N)N)cc1F)CC1CC(O)C1. The van der Waals surface area contributed by atoms with E-state index in [1.54, 1.807) is 12.1 Å². The molecule has 0 aromatic heterocycles. The molecule has 2 rings (SSSR count). The normalized spacial score (nSPS) is 22.3. The van der Waals surface area contributed by atoms with Crippen LogP contribution in [0.25, 0.3) is 0 Å². The molecule has 4 N–H and O–H groups in total. The molecule has 1 saturated carbocycles. The van der Waals surface area contributed by atoms with Crippen LogP contribution in [0.4, 0.5) is 4.39 Å². The van der Waals surface area contributed by atoms with Gasteiger partial charge < -0.3 is 15.7 Å². The maximum atomic E-state index is 13.8. The summed E-state index contributed by atoms with van der Waals surface area (Å²) < 4.78 is 13.8. The molecule has 1 aliphatic carbocycles. The summed E-state index contributed by atoms with van der Waals surface area (Å²) in [6.07, 6.45) is 1.54. The lowest BCUT2D eigenvalue weighted by Crippen LogP contribution is -2.36. The number of nitrogens with one attached hydrogen (secondary N) is 1. The first kappa shape index (κ1) is 14.0. The predicted molar refractivity (Wildman–Crippen MR) is 72.5 cm³/mol. The van der Waals surface area contributed by atoms with Crippen LogP contribution in [-0.4, -0.2) is 35.5 Å². The van der Waals surface area contributed by atoms with Crippen molar-refractivity contribution in [3.05, 3.63) is 35.1 Å². The molecule has 4 nitrogen and oxygen atoms in total. The summed E-state index contributed by atoms with van der Waals surface area (Å²) in [7, 11) is 1.95. The van der Waals surface area contributed by atoms with E-state index in [0.29, 0.717) is 23.6 Å². The molecule has 0 radical (unpaired) electrons. The lowest BCUT2D eigenvalue weighted by atomic mass is 9.82. The van der Waals surface area contributed by atoms with Crippen LogP contribution in [0, 0.1) is 17.1 Å². The van der Waals surface area contributed by atoms with Gasteiger partial charge in [0.15, 0.2) is 0 Å². The average Bonchev–Trinajstić information content (AvgIpc) is 2.29. The van der Waals surface area contributed by atoms with E-state index in [1.165, 1.54) is 6.07 Å². The minimum Gasteiger partial charge on any atom is -0.393 e. The van der Waals surface area contributed by atoms with Crippen molar-refractivity contribution in [3.8, 4) is 0 Å². The minimum absolute atomic E-state index is 0.123. The van der Waals surface area contributed by atoms with Crippen molar-refractivity contribution >= 4 is 5.84 Å². The number of aliphatic hydroxyl groups excluding tert-OH is 1. The second kappa shape index (κ2) is 5.67. The number of benzene rings is 1. The number of halogens is 1. The van der Waals surface area contributed by atoms with Crippen LogP contribution in [0.2, 0.25) is 0 Å². The van der Waals surface area contributed by atoms with E-state index in [9.17, 15) is 9.50 Å². The number of rotatable bonds is 5. The van der Waals surface area contributed by atoms with Gasteiger partial charge in [0.05, 0.1) is 6.10 Å². The number of hydrogen-bond donors (Lipinski definition) is 3. The zero-order valence-electron chi connectivity index (χ0n) is 11.1. The molecule has 0 amide bonds. The van der Waals surface area contributed by atoms with Crippen molar-refractivity contribution in [1.29, 1.82) is 5.41 Å². The van der Waals surface area contributed by atoms with Gasteiger partial charge in [-0.15, -0.1) is 0 Å². The molecule has 0 heterocycles. The average molecular weight is 265 g/mol. The predicted octanol–water partition coefficient (Wildman–Crippen LogP) is 1.31. The maximum Gasteiger partial charge on any atom is 0.128 e. The molecule has 0 spiro atoms. The quantitative estimate of drug-likeness (QED) is 0.555. The smallest absolute Gasteiger partial charge is 0.128 e. The summed E-state index contributed by atoms with van der Waals surface area (Å²) in [4.78, 5) is 2.06. The highest BCUT2D eigenvalue weighted by atomic mass is 19.1. The van der Waals surface area contributed by atoms with Gasteiger partial charge in [0, 0.05) is 24.2 Å². The van der Waals surface area contributed by atoms with Gasteiger partial charge in [-0.05, 0) is 31.9 Å². The molecule has 1 aliphatic rings. The Morgan fingerprint density at radius 1 is 1.53 bits per heavy atom. The fourth-order valence-electron chi connectivity index (χ4n) is 2.49. The molecule has 1 aromatic rings. The molecule has 0 bridgehead atoms. The molecule has 0 unspecified atom stereocenters.